The smallest absolute Gasteiger partial charge is 0.128 e. The number of nitrogens with zero attached hydrogens (tertiary/aromatic N) is 1. The Morgan fingerprint density at radius 3 is 2.94 bits per heavy atom. The Hall–Kier alpha value is -0.800. The normalized spacial score (nSPS) is 17.8. The van der Waals surface area contributed by atoms with E-state index in [1.165, 1.54) is 19.3 Å². The number of hydrogen-bond acceptors (Lipinski definition) is 3. The van der Waals surface area contributed by atoms with E-state index >= 15 is 0 Å². The lowest BCUT2D eigenvalue weighted by Gasteiger charge is -2.35. The van der Waals surface area contributed by atoms with Crippen LogP contribution in [0.1, 0.15) is 44.2 Å². The first-order valence-electron chi connectivity index (χ1n) is 6.36. The van der Waals surface area contributed by atoms with Crippen molar-refractivity contribution in [2.45, 2.75) is 38.6 Å². The van der Waals surface area contributed by atoms with Crippen molar-refractivity contribution in [2.24, 2.45) is 5.92 Å². The molecule has 1 atom stereocenters. The molecule has 1 unspecified atom stereocenters. The van der Waals surface area contributed by atoms with Crippen LogP contribution in [0.5, 0.6) is 0 Å². The topological polar surface area (TPSA) is 50.9 Å². The number of nitrogens with two attached hydrogens (primary N) is 1. The molecular formula is C13H20ClN3. The largest absolute Gasteiger partial charge is 0.383 e. The molecule has 0 radical (unpaired) electrons. The van der Waals surface area contributed by atoms with Gasteiger partial charge in [0.1, 0.15) is 5.82 Å². The fourth-order valence-corrected chi connectivity index (χ4v) is 2.48. The summed E-state index contributed by atoms with van der Waals surface area (Å²) in [6.07, 6.45) is 6.60. The Kier molecular flexibility index (Phi) is 4.24. The predicted octanol–water partition coefficient (Wildman–Crippen LogP) is 3.16. The molecule has 4 heteroatoms. The van der Waals surface area contributed by atoms with Crippen LogP contribution in [0.2, 0.25) is 5.02 Å². The Bertz CT molecular complexity index is 377. The summed E-state index contributed by atoms with van der Waals surface area (Å²) in [4.78, 5) is 4.15. The minimum Gasteiger partial charge on any atom is -0.383 e. The SMILES string of the molecule is CCCNC(c1cc(Cl)cnc1N)C1CCC1. The van der Waals surface area contributed by atoms with E-state index < -0.39 is 0 Å². The van der Waals surface area contributed by atoms with Crippen LogP contribution < -0.4 is 11.1 Å². The summed E-state index contributed by atoms with van der Waals surface area (Å²) in [5.74, 6) is 1.29. The highest BCUT2D eigenvalue weighted by atomic mass is 35.5. The summed E-state index contributed by atoms with van der Waals surface area (Å²) in [5, 5.41) is 4.24. The number of halogens is 1. The van der Waals surface area contributed by atoms with Crippen molar-refractivity contribution in [2.75, 3.05) is 12.3 Å². The van der Waals surface area contributed by atoms with E-state index in [1.54, 1.807) is 6.20 Å². The summed E-state index contributed by atoms with van der Waals surface area (Å²) in [5.41, 5.74) is 7.03. The lowest BCUT2D eigenvalue weighted by Crippen LogP contribution is -2.33. The van der Waals surface area contributed by atoms with Gasteiger partial charge in [-0.3, -0.25) is 0 Å². The van der Waals surface area contributed by atoms with Gasteiger partial charge in [-0.1, -0.05) is 24.9 Å². The average molecular weight is 254 g/mol. The highest BCUT2D eigenvalue weighted by Gasteiger charge is 2.29. The number of nitrogens with one attached hydrogen (secondary N) is 1. The molecule has 3 nitrogen and oxygen atoms in total. The molecule has 0 spiro atoms. The number of anilines is 1. The maximum Gasteiger partial charge on any atom is 0.128 e. The number of rotatable bonds is 5. The monoisotopic (exact) mass is 253 g/mol. The van der Waals surface area contributed by atoms with Crippen molar-refractivity contribution in [3.63, 3.8) is 0 Å². The molecule has 1 fully saturated rings. The minimum atomic E-state index is 0.315. The molecule has 3 N–H and O–H groups in total. The van der Waals surface area contributed by atoms with Crippen LogP contribution in [0.25, 0.3) is 0 Å². The highest BCUT2D eigenvalue weighted by Crippen LogP contribution is 2.39. The molecule has 2 rings (SSSR count). The molecule has 0 amide bonds. The van der Waals surface area contributed by atoms with Crippen LogP contribution in [0, 0.1) is 5.92 Å². The second-order valence-corrected chi connectivity index (χ2v) is 5.19. The molecule has 1 heterocycles. The molecule has 1 aromatic heterocycles. The molecular weight excluding hydrogens is 234 g/mol. The summed E-state index contributed by atoms with van der Waals surface area (Å²) >= 11 is 6.01. The van der Waals surface area contributed by atoms with Crippen LogP contribution in [0.3, 0.4) is 0 Å². The van der Waals surface area contributed by atoms with Crippen LogP contribution in [0.15, 0.2) is 12.3 Å². The second kappa shape index (κ2) is 5.69. The Labute approximate surface area is 108 Å². The number of pyridine rings is 1. The van der Waals surface area contributed by atoms with Gasteiger partial charge in [-0.15, -0.1) is 0 Å². The summed E-state index contributed by atoms with van der Waals surface area (Å²) in [6, 6.07) is 2.27. The van der Waals surface area contributed by atoms with Crippen LogP contribution in [-0.2, 0) is 0 Å². The molecule has 94 valence electrons. The molecule has 1 aliphatic rings. The molecule has 1 saturated carbocycles. The van der Waals surface area contributed by atoms with Crippen LogP contribution in [0.4, 0.5) is 5.82 Å². The molecule has 1 aliphatic carbocycles. The van der Waals surface area contributed by atoms with Gasteiger partial charge in [0.05, 0.1) is 5.02 Å². The predicted molar refractivity (Wildman–Crippen MR) is 72.0 cm³/mol. The van der Waals surface area contributed by atoms with Crippen molar-refractivity contribution >= 4 is 17.4 Å². The number of aromatic nitrogens is 1. The van der Waals surface area contributed by atoms with Crippen molar-refractivity contribution in [1.82, 2.24) is 10.3 Å². The lowest BCUT2D eigenvalue weighted by molar-refractivity contribution is 0.231. The van der Waals surface area contributed by atoms with Gasteiger partial charge in [-0.25, -0.2) is 4.98 Å². The van der Waals surface area contributed by atoms with Crippen molar-refractivity contribution in [1.29, 1.82) is 0 Å². The van der Waals surface area contributed by atoms with Gasteiger partial charge in [0.25, 0.3) is 0 Å². The van der Waals surface area contributed by atoms with Gasteiger partial charge < -0.3 is 11.1 Å². The zero-order chi connectivity index (χ0) is 12.3. The quantitative estimate of drug-likeness (QED) is 0.848. The van der Waals surface area contributed by atoms with Crippen molar-refractivity contribution in [3.8, 4) is 0 Å². The maximum absolute atomic E-state index is 6.01. The lowest BCUT2D eigenvalue weighted by atomic mass is 9.77. The van der Waals surface area contributed by atoms with Crippen molar-refractivity contribution < 1.29 is 0 Å². The second-order valence-electron chi connectivity index (χ2n) is 4.75. The fraction of sp³-hybridized carbons (Fsp3) is 0.615. The van der Waals surface area contributed by atoms with E-state index in [-0.39, 0.29) is 0 Å². The van der Waals surface area contributed by atoms with Gasteiger partial charge >= 0.3 is 0 Å². The standard InChI is InChI=1S/C13H20ClN3/c1-2-6-16-12(9-4-3-5-9)11-7-10(14)8-17-13(11)15/h7-9,12,16H,2-6H2,1H3,(H2,15,17). The van der Waals surface area contributed by atoms with Gasteiger partial charge in [-0.2, -0.15) is 0 Å². The molecule has 0 saturated heterocycles. The first kappa shape index (κ1) is 12.7. The Morgan fingerprint density at radius 1 is 1.59 bits per heavy atom. The van der Waals surface area contributed by atoms with E-state index in [1.807, 2.05) is 6.07 Å². The first-order chi connectivity index (χ1) is 8.22. The highest BCUT2D eigenvalue weighted by molar-refractivity contribution is 6.30. The summed E-state index contributed by atoms with van der Waals surface area (Å²) < 4.78 is 0. The molecule has 0 aliphatic heterocycles. The fourth-order valence-electron chi connectivity index (χ4n) is 2.32. The third-order valence-corrected chi connectivity index (χ3v) is 3.69. The van der Waals surface area contributed by atoms with E-state index in [2.05, 4.69) is 17.2 Å². The summed E-state index contributed by atoms with van der Waals surface area (Å²) in [7, 11) is 0. The van der Waals surface area contributed by atoms with E-state index in [0.717, 1.165) is 18.5 Å². The third-order valence-electron chi connectivity index (χ3n) is 3.49. The average Bonchev–Trinajstić information content (AvgIpc) is 2.25. The Morgan fingerprint density at radius 2 is 2.35 bits per heavy atom. The van der Waals surface area contributed by atoms with Gasteiger partial charge in [0, 0.05) is 17.8 Å². The van der Waals surface area contributed by atoms with E-state index in [0.29, 0.717) is 22.8 Å². The number of hydrogen-bond donors (Lipinski definition) is 2. The molecule has 17 heavy (non-hydrogen) atoms. The van der Waals surface area contributed by atoms with Crippen molar-refractivity contribution in [3.05, 3.63) is 22.8 Å². The summed E-state index contributed by atoms with van der Waals surface area (Å²) in [6.45, 7) is 3.18. The molecule has 1 aromatic rings. The minimum absolute atomic E-state index is 0.315. The van der Waals surface area contributed by atoms with Gasteiger partial charge in [0.15, 0.2) is 0 Å². The molecule has 0 aromatic carbocycles. The zero-order valence-corrected chi connectivity index (χ0v) is 11.0. The van der Waals surface area contributed by atoms with Gasteiger partial charge in [0.2, 0.25) is 0 Å². The maximum atomic E-state index is 6.01. The Balaban J connectivity index is 2.20. The first-order valence-corrected chi connectivity index (χ1v) is 6.74. The van der Waals surface area contributed by atoms with Crippen LogP contribution in [-0.4, -0.2) is 11.5 Å². The third kappa shape index (κ3) is 2.90. The number of nitrogen functional groups attached to an aromatic ring is 1. The van der Waals surface area contributed by atoms with E-state index in [4.69, 9.17) is 17.3 Å². The molecule has 0 bridgehead atoms. The van der Waals surface area contributed by atoms with Gasteiger partial charge in [-0.05, 0) is 37.8 Å². The van der Waals surface area contributed by atoms with Crippen LogP contribution >= 0.6 is 11.6 Å². The zero-order valence-electron chi connectivity index (χ0n) is 10.2. The van der Waals surface area contributed by atoms with E-state index in [9.17, 15) is 0 Å².